The molecule has 8 aromatic rings. The molecule has 3 aliphatic rings. The van der Waals surface area contributed by atoms with Crippen LogP contribution in [0.5, 0.6) is 11.5 Å². The van der Waals surface area contributed by atoms with Gasteiger partial charge in [-0.2, -0.15) is 27.0 Å². The molecule has 0 amide bonds. The van der Waals surface area contributed by atoms with Gasteiger partial charge in [0.1, 0.15) is 5.72 Å². The number of nitrogens with one attached hydrogen (secondary N) is 1. The number of hydrogen-bond acceptors (Lipinski definition) is 13. The Balaban J connectivity index is 0.000000276. The lowest BCUT2D eigenvalue weighted by Gasteiger charge is -2.45. The minimum atomic E-state index is -0.474. The lowest BCUT2D eigenvalue weighted by Crippen LogP contribution is -2.54. The average molecular weight is 1170 g/mol. The molecule has 2 atom stereocenters. The first-order valence-corrected chi connectivity index (χ1v) is 26.3. The second-order valence-electron chi connectivity index (χ2n) is 21.1. The number of hydrogen-bond donors (Lipinski definition) is 3. The van der Waals surface area contributed by atoms with E-state index in [-0.39, 0.29) is 100 Å². The minimum absolute atomic E-state index is 0. The summed E-state index contributed by atoms with van der Waals surface area (Å²) in [7, 11) is 1.00. The number of benzene rings is 6. The van der Waals surface area contributed by atoms with E-state index in [1.807, 2.05) is 58.0 Å². The molecule has 0 unspecified atom stereocenters. The Morgan fingerprint density at radius 3 is 1.48 bits per heavy atom. The van der Waals surface area contributed by atoms with E-state index in [9.17, 15) is 13.9 Å². The van der Waals surface area contributed by atoms with Crippen molar-refractivity contribution in [2.45, 2.75) is 130 Å². The molecule has 1 saturated heterocycles. The summed E-state index contributed by atoms with van der Waals surface area (Å²) in [5, 5.41) is 37.7. The maximum Gasteiger partial charge on any atom is 0.248 e. The number of fused-ring (bicyclic) bond motifs is 2. The molecule has 6 aromatic carbocycles. The van der Waals surface area contributed by atoms with Crippen LogP contribution in [0.15, 0.2) is 142 Å². The highest BCUT2D eigenvalue weighted by Crippen LogP contribution is 2.45. The highest BCUT2D eigenvalue weighted by atomic mass is 35.5. The van der Waals surface area contributed by atoms with Crippen LogP contribution in [0.2, 0.25) is 0 Å². The van der Waals surface area contributed by atoms with E-state index in [4.69, 9.17) is 28.2 Å². The molecule has 0 bridgehead atoms. The van der Waals surface area contributed by atoms with Crippen molar-refractivity contribution in [3.05, 3.63) is 178 Å². The van der Waals surface area contributed by atoms with E-state index >= 15 is 0 Å². The van der Waals surface area contributed by atoms with Gasteiger partial charge in [0.15, 0.2) is 23.1 Å². The van der Waals surface area contributed by atoms with Crippen LogP contribution in [0.25, 0.3) is 45.8 Å². The molecular weight excluding hydrogens is 1090 g/mol. The molecule has 18 heteroatoms. The largest absolute Gasteiger partial charge is 0.488 e. The number of aryl methyl sites for hydroxylation is 2. The Hall–Kier alpha value is -6.15. The predicted molar refractivity (Wildman–Crippen MR) is 327 cm³/mol. The van der Waals surface area contributed by atoms with Crippen LogP contribution in [-0.4, -0.2) is 84.8 Å². The van der Waals surface area contributed by atoms with Crippen molar-refractivity contribution in [3.63, 3.8) is 0 Å². The molecule has 0 saturated carbocycles. The van der Waals surface area contributed by atoms with Crippen molar-refractivity contribution < 1.29 is 42.0 Å². The topological polar surface area (TPSA) is 161 Å². The molecular formula is C63H77ClF2N6O7S2. The number of rotatable bonds is 14. The van der Waals surface area contributed by atoms with E-state index in [0.29, 0.717) is 42.5 Å². The van der Waals surface area contributed by atoms with Gasteiger partial charge in [-0.1, -0.05) is 80.2 Å². The summed E-state index contributed by atoms with van der Waals surface area (Å²) in [4.78, 5) is 2.54. The van der Waals surface area contributed by atoms with Gasteiger partial charge >= 0.3 is 0 Å². The average Bonchev–Trinajstić information content (AvgIpc) is 4.36. The van der Waals surface area contributed by atoms with Crippen molar-refractivity contribution in [1.82, 2.24) is 30.6 Å². The third-order valence-electron chi connectivity index (χ3n) is 14.5. The summed E-state index contributed by atoms with van der Waals surface area (Å²) >= 11 is 0. The number of aliphatic hydroxyl groups is 2. The number of nitrogens with zero attached hydrogens (tertiary/aromatic N) is 5. The molecule has 0 radical (unpaired) electrons. The fraction of sp³-hybridized carbons (Fsp3) is 0.365. The Kier molecular flexibility index (Phi) is 23.3. The Labute approximate surface area is 495 Å². The standard InChI is InChI=1S/C32H34FN3O3.C29H30FN3O3.CH4O.CH4.ClH.2H2S/c1-21(2)38-28-13-12-25(17-27(28)33)30-35-34-29(39-30)24-11-10-23-14-15-32(18-26(23)16-24)20-37-31(3,4)36(32)19-22-8-6-5-7-9-22;1-19(2)35-26-11-10-23(15-25(26)30)28-33-32-27(36-28)22-9-8-21-12-13-29(18-34,16-24(21)14-22)31-17-20-6-4-3-5-7-20;1-2;;;;/h5-13,16-17,21H,14-15,18-20H2,1-4H3;3-11,14-15,19,31,34H,12-13,16-18H2,1-2H3;2H,1H3;1H4;1H;2*1H2/t32-;29-;;;;;/m00...../s1. The SMILES string of the molecule is C.CC(C)Oc1ccc(-c2nnc(-c3ccc4c(c3)C[C@@](CO)(NCc3ccccc3)CC4)o2)cc1F.CC(C)Oc1ccc(-c2nnc(-c3ccc4c(c3)C[C@@]3(CC4)COC(C)(C)N3Cc3ccccc3)o2)cc1F.CO.Cl.S.S. The molecule has 1 spiro atoms. The van der Waals surface area contributed by atoms with Gasteiger partial charge < -0.3 is 38.6 Å². The summed E-state index contributed by atoms with van der Waals surface area (Å²) in [6.45, 7) is 14.0. The molecule has 1 fully saturated rings. The van der Waals surface area contributed by atoms with E-state index in [1.165, 1.54) is 39.9 Å². The maximum absolute atomic E-state index is 14.6. The predicted octanol–water partition coefficient (Wildman–Crippen LogP) is 13.1. The maximum atomic E-state index is 14.6. The molecule has 3 N–H and O–H groups in total. The molecule has 11 rings (SSSR count). The van der Waals surface area contributed by atoms with Crippen LogP contribution >= 0.6 is 39.4 Å². The molecule has 81 heavy (non-hydrogen) atoms. The van der Waals surface area contributed by atoms with Crippen molar-refractivity contribution in [1.29, 1.82) is 0 Å². The number of halogens is 3. The Bertz CT molecular complexity index is 3280. The quantitative estimate of drug-likeness (QED) is 0.0944. The fourth-order valence-corrected chi connectivity index (χ4v) is 10.6. The van der Waals surface area contributed by atoms with Gasteiger partial charge in [0.25, 0.3) is 0 Å². The van der Waals surface area contributed by atoms with Crippen LogP contribution in [0.4, 0.5) is 8.78 Å². The molecule has 3 heterocycles. The van der Waals surface area contributed by atoms with Crippen molar-refractivity contribution in [3.8, 4) is 57.3 Å². The zero-order valence-corrected chi connectivity index (χ0v) is 49.1. The summed E-state index contributed by atoms with van der Waals surface area (Å²) < 4.78 is 58.3. The lowest BCUT2D eigenvalue weighted by molar-refractivity contribution is -0.0673. The molecule has 2 aromatic heterocycles. The van der Waals surface area contributed by atoms with Gasteiger partial charge in [0, 0.05) is 48.0 Å². The highest BCUT2D eigenvalue weighted by molar-refractivity contribution is 7.59. The van der Waals surface area contributed by atoms with E-state index in [0.717, 1.165) is 62.4 Å². The van der Waals surface area contributed by atoms with Gasteiger partial charge in [-0.3, -0.25) is 4.90 Å². The van der Waals surface area contributed by atoms with Crippen LogP contribution in [0.3, 0.4) is 0 Å². The van der Waals surface area contributed by atoms with Crippen LogP contribution in [0.1, 0.15) is 95.2 Å². The zero-order valence-electron chi connectivity index (χ0n) is 46.3. The fourth-order valence-electron chi connectivity index (χ4n) is 10.6. The summed E-state index contributed by atoms with van der Waals surface area (Å²) in [5.74, 6) is 0.766. The van der Waals surface area contributed by atoms with Crippen molar-refractivity contribution >= 4 is 39.4 Å². The highest BCUT2D eigenvalue weighted by Gasteiger charge is 2.52. The van der Waals surface area contributed by atoms with Gasteiger partial charge in [0.2, 0.25) is 23.6 Å². The van der Waals surface area contributed by atoms with Gasteiger partial charge in [-0.15, -0.1) is 32.8 Å². The third kappa shape index (κ3) is 15.3. The summed E-state index contributed by atoms with van der Waals surface area (Å²) in [6, 6.07) is 42.6. The Morgan fingerprint density at radius 2 is 1.02 bits per heavy atom. The van der Waals surface area contributed by atoms with E-state index in [2.05, 4.69) is 111 Å². The van der Waals surface area contributed by atoms with E-state index < -0.39 is 17.2 Å². The van der Waals surface area contributed by atoms with Gasteiger partial charge in [-0.25, -0.2) is 8.78 Å². The monoisotopic (exact) mass is 1170 g/mol. The normalized spacial score (nSPS) is 17.6. The molecule has 2 aliphatic carbocycles. The van der Waals surface area contributed by atoms with Crippen LogP contribution in [-0.2, 0) is 43.5 Å². The first-order valence-electron chi connectivity index (χ1n) is 26.3. The number of aliphatic hydroxyl groups excluding tert-OH is 2. The second-order valence-corrected chi connectivity index (χ2v) is 21.1. The minimum Gasteiger partial charge on any atom is -0.488 e. The van der Waals surface area contributed by atoms with Crippen molar-refractivity contribution in [2.24, 2.45) is 0 Å². The molecule has 434 valence electrons. The van der Waals surface area contributed by atoms with Crippen LogP contribution in [0, 0.1) is 11.6 Å². The Morgan fingerprint density at radius 1 is 0.593 bits per heavy atom. The molecule has 13 nitrogen and oxygen atoms in total. The first-order chi connectivity index (χ1) is 37.2. The number of aromatic nitrogens is 4. The summed E-state index contributed by atoms with van der Waals surface area (Å²) in [5.41, 5.74) is 9.33. The van der Waals surface area contributed by atoms with Gasteiger partial charge in [-0.05, 0) is 174 Å². The molecule has 1 aliphatic heterocycles. The zero-order chi connectivity index (χ0) is 54.3. The third-order valence-corrected chi connectivity index (χ3v) is 14.5. The first kappa shape index (κ1) is 65.7. The lowest BCUT2D eigenvalue weighted by atomic mass is 9.76. The van der Waals surface area contributed by atoms with E-state index in [1.54, 1.807) is 24.3 Å². The van der Waals surface area contributed by atoms with Crippen molar-refractivity contribution in [2.75, 3.05) is 20.3 Å². The second kappa shape index (κ2) is 28.7. The van der Waals surface area contributed by atoms with Gasteiger partial charge in [0.05, 0.1) is 31.0 Å². The van der Waals surface area contributed by atoms with Crippen LogP contribution < -0.4 is 14.8 Å². The summed E-state index contributed by atoms with van der Waals surface area (Å²) in [6.07, 6.45) is 5.10. The number of ether oxygens (including phenoxy) is 3. The smallest absolute Gasteiger partial charge is 0.248 e.